The second-order valence-corrected chi connectivity index (χ2v) is 13.1. The van der Waals surface area contributed by atoms with Gasteiger partial charge in [0.2, 0.25) is 0 Å². The van der Waals surface area contributed by atoms with E-state index >= 15 is 0 Å². The van der Waals surface area contributed by atoms with Gasteiger partial charge in [-0.2, -0.15) is 0 Å². The van der Waals surface area contributed by atoms with E-state index in [0.717, 1.165) is 22.1 Å². The van der Waals surface area contributed by atoms with Crippen molar-refractivity contribution in [3.63, 3.8) is 0 Å². The lowest BCUT2D eigenvalue weighted by molar-refractivity contribution is 0.0888. The van der Waals surface area contributed by atoms with Crippen molar-refractivity contribution in [2.75, 3.05) is 0 Å². The van der Waals surface area contributed by atoms with E-state index in [9.17, 15) is 14.7 Å². The summed E-state index contributed by atoms with van der Waals surface area (Å²) in [6, 6.07) is 18.5. The number of carbonyl (C=O) groups is 2. The maximum absolute atomic E-state index is 13.3. The van der Waals surface area contributed by atoms with Crippen LogP contribution >= 0.6 is 15.9 Å². The van der Waals surface area contributed by atoms with Gasteiger partial charge in [-0.25, -0.2) is 4.98 Å². The van der Waals surface area contributed by atoms with E-state index in [4.69, 9.17) is 9.72 Å². The number of ketones is 2. The molecule has 200 valence electrons. The van der Waals surface area contributed by atoms with Gasteiger partial charge >= 0.3 is 0 Å². The highest BCUT2D eigenvalue weighted by atomic mass is 79.9. The quantitative estimate of drug-likeness (QED) is 0.245. The molecule has 0 saturated carbocycles. The average molecular weight is 587 g/mol. The Morgan fingerprint density at radius 2 is 1.51 bits per heavy atom. The summed E-state index contributed by atoms with van der Waals surface area (Å²) in [7, 11) is 0. The molecule has 6 heteroatoms. The molecule has 0 spiro atoms. The molecule has 3 aromatic carbocycles. The molecule has 1 aromatic heterocycles. The molecule has 0 radical (unpaired) electrons. The molecule has 0 aliphatic heterocycles. The highest BCUT2D eigenvalue weighted by Gasteiger charge is 2.41. The molecule has 1 unspecified atom stereocenters. The molecule has 4 aromatic rings. The number of fused-ring (bicyclic) bond motifs is 2. The fourth-order valence-electron chi connectivity index (χ4n) is 5.16. The van der Waals surface area contributed by atoms with E-state index < -0.39 is 5.92 Å². The Labute approximate surface area is 237 Å². The van der Waals surface area contributed by atoms with Crippen LogP contribution in [-0.4, -0.2) is 21.7 Å². The molecule has 1 atom stereocenters. The van der Waals surface area contributed by atoms with Crippen molar-refractivity contribution < 1.29 is 19.4 Å². The van der Waals surface area contributed by atoms with Crippen molar-refractivity contribution >= 4 is 38.4 Å². The first-order valence-corrected chi connectivity index (χ1v) is 13.8. The number of carbonyl (C=O) groups excluding carboxylic acids is 2. The van der Waals surface area contributed by atoms with Gasteiger partial charge in [-0.05, 0) is 57.9 Å². The first kappa shape index (κ1) is 27.1. The predicted molar refractivity (Wildman–Crippen MR) is 157 cm³/mol. The summed E-state index contributed by atoms with van der Waals surface area (Å²) in [5.74, 6) is -0.573. The topological polar surface area (TPSA) is 76.5 Å². The molecule has 0 fully saturated rings. The molecule has 0 amide bonds. The summed E-state index contributed by atoms with van der Waals surface area (Å²) in [6.07, 6.45) is 0. The van der Waals surface area contributed by atoms with Crippen molar-refractivity contribution in [2.24, 2.45) is 0 Å². The fourth-order valence-corrected chi connectivity index (χ4v) is 5.72. The van der Waals surface area contributed by atoms with Crippen LogP contribution in [0.5, 0.6) is 11.5 Å². The van der Waals surface area contributed by atoms with Crippen molar-refractivity contribution in [1.82, 2.24) is 4.98 Å². The van der Waals surface area contributed by atoms with Gasteiger partial charge in [0.05, 0.1) is 5.69 Å². The Kier molecular flexibility index (Phi) is 6.66. The molecule has 0 saturated heterocycles. The number of phenols is 1. The van der Waals surface area contributed by atoms with Crippen LogP contribution in [0.2, 0.25) is 0 Å². The first-order chi connectivity index (χ1) is 18.3. The monoisotopic (exact) mass is 585 g/mol. The number of para-hydroxylation sites is 1. The number of hydrogen-bond donors (Lipinski definition) is 1. The van der Waals surface area contributed by atoms with Crippen LogP contribution in [0.25, 0.3) is 10.9 Å². The minimum atomic E-state index is -0.975. The van der Waals surface area contributed by atoms with Gasteiger partial charge in [-0.15, -0.1) is 0 Å². The molecule has 5 rings (SSSR count). The number of aromatic hydroxyl groups is 1. The van der Waals surface area contributed by atoms with Crippen LogP contribution in [0.1, 0.15) is 90.6 Å². The predicted octanol–water partition coefficient (Wildman–Crippen LogP) is 8.04. The molecular weight excluding hydrogens is 554 g/mol. The normalized spacial score (nSPS) is 15.6. The van der Waals surface area contributed by atoms with E-state index in [-0.39, 0.29) is 29.0 Å². The van der Waals surface area contributed by atoms with Crippen LogP contribution in [-0.2, 0) is 17.4 Å². The molecule has 1 aliphatic carbocycles. The maximum Gasteiger partial charge on any atom is 0.181 e. The summed E-state index contributed by atoms with van der Waals surface area (Å²) < 4.78 is 6.93. The van der Waals surface area contributed by atoms with Gasteiger partial charge in [0, 0.05) is 21.0 Å². The lowest BCUT2D eigenvalue weighted by Crippen LogP contribution is -2.18. The fraction of sp³-hybridized carbons (Fsp3) is 0.303. The maximum atomic E-state index is 13.3. The Bertz CT molecular complexity index is 1610. The summed E-state index contributed by atoms with van der Waals surface area (Å²) in [5, 5.41) is 11.9. The van der Waals surface area contributed by atoms with E-state index in [0.29, 0.717) is 38.3 Å². The number of pyridine rings is 1. The van der Waals surface area contributed by atoms with E-state index in [2.05, 4.69) is 57.5 Å². The van der Waals surface area contributed by atoms with Crippen molar-refractivity contribution in [3.8, 4) is 11.5 Å². The molecule has 0 bridgehead atoms. The zero-order valence-corrected chi connectivity index (χ0v) is 24.6. The third-order valence-electron chi connectivity index (χ3n) is 7.23. The SMILES string of the molecule is CC(C)(C)c1cc(COc2cccc3ccc(C4C(=O)c5cccc(Br)c5C4=O)nc23)cc(C(C)(C)C)c1O. The second kappa shape index (κ2) is 9.60. The third kappa shape index (κ3) is 4.87. The van der Waals surface area contributed by atoms with Crippen LogP contribution in [0.15, 0.2) is 65.1 Å². The first-order valence-electron chi connectivity index (χ1n) is 13.0. The molecular formula is C33H32BrNO4. The van der Waals surface area contributed by atoms with Gasteiger partial charge in [-0.3, -0.25) is 9.59 Å². The highest BCUT2D eigenvalue weighted by Crippen LogP contribution is 2.41. The lowest BCUT2D eigenvalue weighted by Gasteiger charge is -2.28. The Balaban J connectivity index is 1.51. The van der Waals surface area contributed by atoms with Gasteiger partial charge in [-0.1, -0.05) is 87.8 Å². The standard InChI is InChI=1S/C33H32BrNO4/c1-32(2,3)21-15-18(16-22(30(21)37)33(4,5)6)17-39-25-12-7-9-19-13-14-24(35-28(19)25)27-29(36)20-10-8-11-23(34)26(20)31(27)38/h7-16,27,37H,17H2,1-6H3. The number of nitrogens with zero attached hydrogens (tertiary/aromatic N) is 1. The minimum absolute atomic E-state index is 0.241. The molecule has 5 nitrogen and oxygen atoms in total. The summed E-state index contributed by atoms with van der Waals surface area (Å²) in [4.78, 5) is 31.3. The number of halogens is 1. The Morgan fingerprint density at radius 3 is 2.13 bits per heavy atom. The Morgan fingerprint density at radius 1 is 0.872 bits per heavy atom. The summed E-state index contributed by atoms with van der Waals surface area (Å²) in [5.41, 5.74) is 4.02. The molecule has 1 aliphatic rings. The number of ether oxygens (including phenoxy) is 1. The van der Waals surface area contributed by atoms with E-state index in [1.165, 1.54) is 0 Å². The number of Topliss-reactive ketones (excluding diaryl/α,β-unsaturated/α-hetero) is 2. The third-order valence-corrected chi connectivity index (χ3v) is 7.89. The van der Waals surface area contributed by atoms with Crippen molar-refractivity contribution in [2.45, 2.75) is 64.9 Å². The molecule has 39 heavy (non-hydrogen) atoms. The van der Waals surface area contributed by atoms with Gasteiger partial charge < -0.3 is 9.84 Å². The second-order valence-electron chi connectivity index (χ2n) is 12.2. The summed E-state index contributed by atoms with van der Waals surface area (Å²) in [6.45, 7) is 12.8. The van der Waals surface area contributed by atoms with Crippen molar-refractivity contribution in [3.05, 3.63) is 98.6 Å². The van der Waals surface area contributed by atoms with Crippen molar-refractivity contribution in [1.29, 1.82) is 0 Å². The largest absolute Gasteiger partial charge is 0.507 e. The number of aromatic nitrogens is 1. The van der Waals surface area contributed by atoms with Gasteiger partial charge in [0.1, 0.15) is 29.5 Å². The summed E-state index contributed by atoms with van der Waals surface area (Å²) >= 11 is 3.42. The van der Waals surface area contributed by atoms with Gasteiger partial charge in [0.25, 0.3) is 0 Å². The smallest absolute Gasteiger partial charge is 0.181 e. The van der Waals surface area contributed by atoms with Crippen LogP contribution in [0.4, 0.5) is 0 Å². The lowest BCUT2D eigenvalue weighted by atomic mass is 9.78. The van der Waals surface area contributed by atoms with Crippen LogP contribution in [0, 0.1) is 0 Å². The number of hydrogen-bond acceptors (Lipinski definition) is 5. The van der Waals surface area contributed by atoms with E-state index in [1.807, 2.05) is 36.4 Å². The minimum Gasteiger partial charge on any atom is -0.507 e. The molecule has 1 N–H and O–H groups in total. The number of phenolic OH excluding ortho intramolecular Hbond substituents is 1. The molecule has 1 heterocycles. The zero-order valence-electron chi connectivity index (χ0n) is 23.1. The van der Waals surface area contributed by atoms with E-state index in [1.54, 1.807) is 24.3 Å². The zero-order chi connectivity index (χ0) is 28.3. The van der Waals surface area contributed by atoms with Crippen LogP contribution in [0.3, 0.4) is 0 Å². The van der Waals surface area contributed by atoms with Gasteiger partial charge in [0.15, 0.2) is 11.6 Å². The highest BCUT2D eigenvalue weighted by molar-refractivity contribution is 9.10. The average Bonchev–Trinajstić information content (AvgIpc) is 3.12. The van der Waals surface area contributed by atoms with Crippen LogP contribution < -0.4 is 4.74 Å². The number of rotatable bonds is 4. The Hall–Kier alpha value is -3.51. The number of benzene rings is 3.